The first-order valence-corrected chi connectivity index (χ1v) is 11.3. The molecule has 2 aliphatic heterocycles. The van der Waals surface area contributed by atoms with Gasteiger partial charge in [-0.1, -0.05) is 29.8 Å². The van der Waals surface area contributed by atoms with Gasteiger partial charge < -0.3 is 18.9 Å². The molecule has 2 saturated carbocycles. The highest BCUT2D eigenvalue weighted by molar-refractivity contribution is 6.03. The quantitative estimate of drug-likeness (QED) is 0.520. The van der Waals surface area contributed by atoms with Gasteiger partial charge in [-0.2, -0.15) is 0 Å². The third-order valence-corrected chi connectivity index (χ3v) is 7.07. The second-order valence-electron chi connectivity index (χ2n) is 9.31. The molecule has 1 aromatic rings. The maximum absolute atomic E-state index is 13.1. The van der Waals surface area contributed by atoms with E-state index in [-0.39, 0.29) is 0 Å². The van der Waals surface area contributed by atoms with Crippen LogP contribution >= 0.6 is 0 Å². The van der Waals surface area contributed by atoms with Gasteiger partial charge in [0.05, 0.1) is 0 Å². The second-order valence-corrected chi connectivity index (χ2v) is 9.31. The van der Waals surface area contributed by atoms with Gasteiger partial charge in [0, 0.05) is 31.6 Å². The van der Waals surface area contributed by atoms with Crippen molar-refractivity contribution < 1.29 is 38.1 Å². The van der Waals surface area contributed by atoms with E-state index in [0.29, 0.717) is 31.2 Å². The number of ether oxygens (including phenoxy) is 4. The van der Waals surface area contributed by atoms with Crippen molar-refractivity contribution in [2.24, 2.45) is 11.8 Å². The van der Waals surface area contributed by atoms with Crippen LogP contribution in [0.3, 0.4) is 0 Å². The largest absolute Gasteiger partial charge is 0.422 e. The highest BCUT2D eigenvalue weighted by atomic mass is 16.8. The Morgan fingerprint density at radius 3 is 1.34 bits per heavy atom. The Kier molecular flexibility index (Phi) is 4.98. The first-order chi connectivity index (χ1) is 15.3. The molecule has 0 atom stereocenters. The number of carbonyl (C=O) groups excluding carboxylic acids is 4. The molecule has 0 N–H and O–H groups in total. The van der Waals surface area contributed by atoms with Crippen LogP contribution in [0.1, 0.15) is 68.4 Å². The average molecular weight is 442 g/mol. The van der Waals surface area contributed by atoms with E-state index < -0.39 is 53.2 Å². The minimum Gasteiger partial charge on any atom is -0.422 e. The van der Waals surface area contributed by atoms with Gasteiger partial charge in [-0.15, -0.1) is 0 Å². The van der Waals surface area contributed by atoms with E-state index in [4.69, 9.17) is 18.9 Å². The van der Waals surface area contributed by atoms with E-state index in [9.17, 15) is 19.2 Å². The van der Waals surface area contributed by atoms with E-state index in [1.807, 2.05) is 6.92 Å². The van der Waals surface area contributed by atoms with E-state index in [1.165, 1.54) is 0 Å². The number of aryl methyl sites for hydroxylation is 1. The molecule has 8 heteroatoms. The standard InChI is InChI=1S/C24H26O8/c1-14-6-8-15(9-7-14)16(17-19(25)29-23(30-20(17)26)10-2-3-11-23)18-21(27)31-24(32-22(18)28)12-4-5-13-24/h6-9,16-18H,2-5,10-13H2,1H3. The van der Waals surface area contributed by atoms with Gasteiger partial charge in [0.15, 0.2) is 11.8 Å². The van der Waals surface area contributed by atoms with E-state index in [1.54, 1.807) is 24.3 Å². The Hall–Kier alpha value is -2.90. The molecular formula is C24H26O8. The lowest BCUT2D eigenvalue weighted by molar-refractivity contribution is -0.257. The molecule has 4 fully saturated rings. The summed E-state index contributed by atoms with van der Waals surface area (Å²) in [6.07, 6.45) is 4.94. The fourth-order valence-electron chi connectivity index (χ4n) is 5.41. The molecule has 8 nitrogen and oxygen atoms in total. The Morgan fingerprint density at radius 2 is 1.00 bits per heavy atom. The predicted octanol–water partition coefficient (Wildman–Crippen LogP) is 3.05. The number of hydrogen-bond acceptors (Lipinski definition) is 8. The van der Waals surface area contributed by atoms with Crippen LogP contribution in [0.4, 0.5) is 0 Å². The zero-order valence-corrected chi connectivity index (χ0v) is 18.0. The average Bonchev–Trinajstić information content (AvgIpc) is 3.36. The predicted molar refractivity (Wildman–Crippen MR) is 108 cm³/mol. The van der Waals surface area contributed by atoms with Crippen LogP contribution in [0.5, 0.6) is 0 Å². The molecule has 170 valence electrons. The van der Waals surface area contributed by atoms with E-state index in [2.05, 4.69) is 0 Å². The summed E-state index contributed by atoms with van der Waals surface area (Å²) in [6.45, 7) is 1.89. The highest BCUT2D eigenvalue weighted by Gasteiger charge is 2.60. The van der Waals surface area contributed by atoms with Crippen molar-refractivity contribution in [3.05, 3.63) is 35.4 Å². The first-order valence-electron chi connectivity index (χ1n) is 11.3. The maximum atomic E-state index is 13.1. The molecule has 0 unspecified atom stereocenters. The molecule has 0 amide bonds. The molecule has 2 saturated heterocycles. The number of esters is 4. The van der Waals surface area contributed by atoms with Gasteiger partial charge in [-0.05, 0) is 38.2 Å². The lowest BCUT2D eigenvalue weighted by atomic mass is 9.75. The molecule has 4 aliphatic rings. The third-order valence-electron chi connectivity index (χ3n) is 7.07. The number of hydrogen-bond donors (Lipinski definition) is 0. The SMILES string of the molecule is Cc1ccc(C(C2C(=O)OC3(CCCC3)OC2=O)C2C(=O)OC3(CCCC3)OC2=O)cc1. The summed E-state index contributed by atoms with van der Waals surface area (Å²) in [7, 11) is 0. The number of benzene rings is 1. The van der Waals surface area contributed by atoms with Crippen LogP contribution < -0.4 is 0 Å². The lowest BCUT2D eigenvalue weighted by Gasteiger charge is -2.42. The van der Waals surface area contributed by atoms with Crippen molar-refractivity contribution in [3.63, 3.8) is 0 Å². The van der Waals surface area contributed by atoms with Crippen LogP contribution in [0.15, 0.2) is 24.3 Å². The minimum absolute atomic E-state index is 0.447. The van der Waals surface area contributed by atoms with Crippen LogP contribution in [0.2, 0.25) is 0 Å². The molecule has 5 rings (SSSR count). The summed E-state index contributed by atoms with van der Waals surface area (Å²) in [5.74, 6) is -9.67. The molecule has 2 heterocycles. The van der Waals surface area contributed by atoms with E-state index in [0.717, 1.165) is 31.2 Å². The normalized spacial score (nSPS) is 27.7. The van der Waals surface area contributed by atoms with Crippen molar-refractivity contribution in [2.75, 3.05) is 0 Å². The summed E-state index contributed by atoms with van der Waals surface area (Å²) in [6, 6.07) is 6.97. The molecular weight excluding hydrogens is 416 g/mol. The molecule has 0 aromatic heterocycles. The van der Waals surface area contributed by atoms with Crippen LogP contribution in [-0.2, 0) is 38.1 Å². The fraction of sp³-hybridized carbons (Fsp3) is 0.583. The van der Waals surface area contributed by atoms with Crippen LogP contribution in [0.25, 0.3) is 0 Å². The molecule has 0 radical (unpaired) electrons. The minimum atomic E-state index is -1.47. The molecule has 32 heavy (non-hydrogen) atoms. The van der Waals surface area contributed by atoms with Crippen molar-refractivity contribution in [2.45, 2.75) is 75.8 Å². The van der Waals surface area contributed by atoms with Crippen molar-refractivity contribution in [3.8, 4) is 0 Å². The Labute approximate surface area is 185 Å². The summed E-state index contributed by atoms with van der Waals surface area (Å²) in [5.41, 5.74) is 1.42. The van der Waals surface area contributed by atoms with Crippen molar-refractivity contribution >= 4 is 23.9 Å². The first kappa shape index (κ1) is 21.0. The number of carbonyl (C=O) groups is 4. The fourth-order valence-corrected chi connectivity index (χ4v) is 5.41. The van der Waals surface area contributed by atoms with Gasteiger partial charge >= 0.3 is 23.9 Å². The zero-order valence-electron chi connectivity index (χ0n) is 18.0. The summed E-state index contributed by atoms with van der Waals surface area (Å²) >= 11 is 0. The van der Waals surface area contributed by atoms with Gasteiger partial charge in [-0.25, -0.2) is 0 Å². The van der Waals surface area contributed by atoms with Crippen molar-refractivity contribution in [1.29, 1.82) is 0 Å². The Bertz CT molecular complexity index is 857. The van der Waals surface area contributed by atoms with Crippen LogP contribution in [0, 0.1) is 18.8 Å². The molecule has 2 aliphatic carbocycles. The molecule has 1 aromatic carbocycles. The molecule has 2 spiro atoms. The smallest absolute Gasteiger partial charge is 0.324 e. The third kappa shape index (κ3) is 3.45. The van der Waals surface area contributed by atoms with Crippen molar-refractivity contribution in [1.82, 2.24) is 0 Å². The summed E-state index contributed by atoms with van der Waals surface area (Å²) in [5, 5.41) is 0. The topological polar surface area (TPSA) is 105 Å². The summed E-state index contributed by atoms with van der Waals surface area (Å²) < 4.78 is 22.4. The Balaban J connectivity index is 1.51. The van der Waals surface area contributed by atoms with Gasteiger partial charge in [0.2, 0.25) is 0 Å². The zero-order chi connectivity index (χ0) is 22.5. The second kappa shape index (κ2) is 7.60. The number of rotatable bonds is 3. The van der Waals surface area contributed by atoms with Gasteiger partial charge in [-0.3, -0.25) is 19.2 Å². The monoisotopic (exact) mass is 442 g/mol. The summed E-state index contributed by atoms with van der Waals surface area (Å²) in [4.78, 5) is 52.5. The Morgan fingerprint density at radius 1 is 0.656 bits per heavy atom. The maximum Gasteiger partial charge on any atom is 0.324 e. The molecule has 0 bridgehead atoms. The highest BCUT2D eigenvalue weighted by Crippen LogP contribution is 2.47. The van der Waals surface area contributed by atoms with E-state index >= 15 is 0 Å². The van der Waals surface area contributed by atoms with Gasteiger partial charge in [0.1, 0.15) is 0 Å². The van der Waals surface area contributed by atoms with Crippen LogP contribution in [-0.4, -0.2) is 35.5 Å². The van der Waals surface area contributed by atoms with Gasteiger partial charge in [0.25, 0.3) is 11.6 Å². The lowest BCUT2D eigenvalue weighted by Crippen LogP contribution is -2.55.